The quantitative estimate of drug-likeness (QED) is 0.537. The molecular weight excluding hydrogens is 413 g/mol. The molecule has 4 aliphatic rings. The van der Waals surface area contributed by atoms with Crippen LogP contribution in [0.1, 0.15) is 58.1 Å². The summed E-state index contributed by atoms with van der Waals surface area (Å²) >= 11 is 0. The first kappa shape index (κ1) is 19.5. The molecule has 1 spiro atoms. The highest BCUT2D eigenvalue weighted by Gasteiger charge is 2.75. The molecule has 2 aliphatic heterocycles. The van der Waals surface area contributed by atoms with Gasteiger partial charge in [-0.05, 0) is 30.5 Å². The Morgan fingerprint density at radius 2 is 1.44 bits per heavy atom. The van der Waals surface area contributed by atoms with Crippen molar-refractivity contribution in [3.63, 3.8) is 0 Å². The maximum absolute atomic E-state index is 13.7. The molecule has 0 bridgehead atoms. The summed E-state index contributed by atoms with van der Waals surface area (Å²) in [5, 5.41) is 0. The molecule has 0 unspecified atom stereocenters. The minimum atomic E-state index is -2.06. The molecule has 0 radical (unpaired) electrons. The number of rotatable bonds is 2. The van der Waals surface area contributed by atoms with Crippen LogP contribution >= 0.6 is 0 Å². The number of likely N-dealkylation sites (tertiary alicyclic amines) is 1. The zero-order valence-electron chi connectivity index (χ0n) is 17.1. The fraction of sp³-hybridized carbons (Fsp3) is 0.360. The summed E-state index contributed by atoms with van der Waals surface area (Å²) in [4.78, 5) is 55.7. The molecule has 2 saturated heterocycles. The van der Waals surface area contributed by atoms with Gasteiger partial charge in [-0.15, -0.1) is 0 Å². The lowest BCUT2D eigenvalue weighted by Crippen LogP contribution is -2.51. The first-order chi connectivity index (χ1) is 15.4. The van der Waals surface area contributed by atoms with Crippen LogP contribution < -0.4 is 0 Å². The number of ether oxygens (including phenoxy) is 1. The molecule has 2 heterocycles. The Morgan fingerprint density at radius 1 is 0.844 bits per heavy atom. The Bertz CT molecular complexity index is 1150. The number of halogens is 1. The molecule has 2 aromatic rings. The van der Waals surface area contributed by atoms with Crippen molar-refractivity contribution in [1.29, 1.82) is 0 Å². The van der Waals surface area contributed by atoms with Gasteiger partial charge in [0.1, 0.15) is 5.82 Å². The minimum Gasteiger partial charge on any atom is -0.349 e. The third-order valence-electron chi connectivity index (χ3n) is 7.44. The van der Waals surface area contributed by atoms with Gasteiger partial charge in [-0.1, -0.05) is 49.2 Å². The van der Waals surface area contributed by atoms with E-state index >= 15 is 0 Å². The minimum absolute atomic E-state index is 0.204. The van der Waals surface area contributed by atoms with Crippen LogP contribution in [0.2, 0.25) is 0 Å². The van der Waals surface area contributed by atoms with Gasteiger partial charge in [-0.3, -0.25) is 24.1 Å². The average molecular weight is 433 g/mol. The Balaban J connectivity index is 1.52. The summed E-state index contributed by atoms with van der Waals surface area (Å²) in [6, 6.07) is 11.6. The lowest BCUT2D eigenvalue weighted by atomic mass is 9.77. The largest absolute Gasteiger partial charge is 0.349 e. The van der Waals surface area contributed by atoms with Gasteiger partial charge < -0.3 is 4.74 Å². The molecule has 3 fully saturated rings. The third kappa shape index (κ3) is 2.32. The molecule has 2 aromatic carbocycles. The molecule has 1 saturated carbocycles. The van der Waals surface area contributed by atoms with E-state index < -0.39 is 52.7 Å². The second kappa shape index (κ2) is 6.65. The van der Waals surface area contributed by atoms with E-state index in [4.69, 9.17) is 4.74 Å². The van der Waals surface area contributed by atoms with Crippen molar-refractivity contribution in [2.75, 3.05) is 0 Å². The Morgan fingerprint density at radius 3 is 2.03 bits per heavy atom. The van der Waals surface area contributed by atoms with Crippen LogP contribution in [0.25, 0.3) is 0 Å². The van der Waals surface area contributed by atoms with E-state index in [1.54, 1.807) is 24.3 Å². The number of Topliss-reactive ketones (excluding diaryl/α,β-unsaturated/α-hetero) is 2. The van der Waals surface area contributed by atoms with Gasteiger partial charge in [-0.25, -0.2) is 4.39 Å². The van der Waals surface area contributed by atoms with E-state index in [1.165, 1.54) is 29.2 Å². The monoisotopic (exact) mass is 433 g/mol. The molecule has 6 rings (SSSR count). The lowest BCUT2D eigenvalue weighted by molar-refractivity contribution is -0.147. The number of nitrogens with zero attached hydrogens (tertiary/aromatic N) is 1. The number of hydrogen-bond donors (Lipinski definition) is 0. The lowest BCUT2D eigenvalue weighted by Gasteiger charge is -2.29. The molecule has 32 heavy (non-hydrogen) atoms. The molecule has 7 heteroatoms. The molecular formula is C25H20FNO5. The van der Waals surface area contributed by atoms with Gasteiger partial charge in [-0.2, -0.15) is 0 Å². The highest BCUT2D eigenvalue weighted by atomic mass is 19.1. The average Bonchev–Trinajstić information content (AvgIpc) is 3.54. The van der Waals surface area contributed by atoms with E-state index in [2.05, 4.69) is 0 Å². The van der Waals surface area contributed by atoms with Gasteiger partial charge in [0, 0.05) is 17.2 Å². The highest BCUT2D eigenvalue weighted by molar-refractivity contribution is 6.35. The number of amides is 2. The summed E-state index contributed by atoms with van der Waals surface area (Å²) in [7, 11) is 0. The summed E-state index contributed by atoms with van der Waals surface area (Å²) in [5.74, 6) is -4.76. The van der Waals surface area contributed by atoms with Crippen LogP contribution in [0.4, 0.5) is 4.39 Å². The van der Waals surface area contributed by atoms with Crippen LogP contribution in [0.3, 0.4) is 0 Å². The summed E-state index contributed by atoms with van der Waals surface area (Å²) in [6.45, 7) is 0. The Kier molecular flexibility index (Phi) is 4.05. The molecule has 3 atom stereocenters. The number of carbonyl (C=O) groups is 4. The van der Waals surface area contributed by atoms with Crippen molar-refractivity contribution in [2.24, 2.45) is 11.8 Å². The molecule has 6 nitrogen and oxygen atoms in total. The number of hydrogen-bond acceptors (Lipinski definition) is 5. The van der Waals surface area contributed by atoms with Gasteiger partial charge in [0.05, 0.1) is 17.9 Å². The number of ketones is 2. The van der Waals surface area contributed by atoms with Crippen LogP contribution in [-0.2, 0) is 14.3 Å². The molecule has 0 aromatic heterocycles. The summed E-state index contributed by atoms with van der Waals surface area (Å²) in [6.07, 6.45) is 2.28. The normalized spacial score (nSPS) is 28.8. The summed E-state index contributed by atoms with van der Waals surface area (Å²) in [5.41, 5.74) is -1.19. The smallest absolute Gasteiger partial charge is 0.237 e. The maximum Gasteiger partial charge on any atom is 0.237 e. The zero-order valence-corrected chi connectivity index (χ0v) is 17.1. The molecule has 2 aliphatic carbocycles. The van der Waals surface area contributed by atoms with Gasteiger partial charge in [0.15, 0.2) is 0 Å². The second-order valence-electron chi connectivity index (χ2n) is 9.02. The Hall–Kier alpha value is -3.19. The first-order valence-corrected chi connectivity index (χ1v) is 10.9. The van der Waals surface area contributed by atoms with Crippen molar-refractivity contribution in [3.8, 4) is 0 Å². The van der Waals surface area contributed by atoms with E-state index in [-0.39, 0.29) is 17.2 Å². The highest BCUT2D eigenvalue weighted by Crippen LogP contribution is 2.57. The van der Waals surface area contributed by atoms with Crippen molar-refractivity contribution < 1.29 is 28.3 Å². The fourth-order valence-electron chi connectivity index (χ4n) is 6.02. The van der Waals surface area contributed by atoms with Crippen LogP contribution in [0.5, 0.6) is 0 Å². The van der Waals surface area contributed by atoms with Crippen molar-refractivity contribution in [2.45, 2.75) is 43.4 Å². The van der Waals surface area contributed by atoms with E-state index in [1.807, 2.05) is 0 Å². The summed E-state index contributed by atoms with van der Waals surface area (Å²) < 4.78 is 19.7. The number of carbonyl (C=O) groups excluding carboxylic acids is 4. The second-order valence-corrected chi connectivity index (χ2v) is 9.02. The standard InChI is InChI=1S/C25H20FNO5/c26-14-11-9-13(10-12-14)20-18-19(24(31)27(23(18)30)15-5-1-2-6-15)25(32-20)21(28)16-7-3-4-8-17(16)22(25)29/h3-4,7-12,15,18-20H,1-2,5-6H2/t18-,19-,20+/m0/s1. The predicted octanol–water partition coefficient (Wildman–Crippen LogP) is 3.26. The number of imide groups is 1. The predicted molar refractivity (Wildman–Crippen MR) is 109 cm³/mol. The molecule has 162 valence electrons. The van der Waals surface area contributed by atoms with Crippen molar-refractivity contribution in [3.05, 3.63) is 71.0 Å². The van der Waals surface area contributed by atoms with E-state index in [9.17, 15) is 23.6 Å². The zero-order chi connectivity index (χ0) is 22.2. The molecule has 0 N–H and O–H groups in total. The van der Waals surface area contributed by atoms with Crippen LogP contribution in [-0.4, -0.2) is 39.9 Å². The molecule has 2 amide bonds. The number of fused-ring (bicyclic) bond motifs is 3. The van der Waals surface area contributed by atoms with E-state index in [0.29, 0.717) is 18.4 Å². The fourth-order valence-corrected chi connectivity index (χ4v) is 6.02. The third-order valence-corrected chi connectivity index (χ3v) is 7.44. The maximum atomic E-state index is 13.7. The number of benzene rings is 2. The van der Waals surface area contributed by atoms with Crippen LogP contribution in [0.15, 0.2) is 48.5 Å². The van der Waals surface area contributed by atoms with Crippen molar-refractivity contribution in [1.82, 2.24) is 4.90 Å². The van der Waals surface area contributed by atoms with Gasteiger partial charge in [0.25, 0.3) is 0 Å². The first-order valence-electron chi connectivity index (χ1n) is 10.9. The topological polar surface area (TPSA) is 80.8 Å². The van der Waals surface area contributed by atoms with E-state index in [0.717, 1.165) is 12.8 Å². The van der Waals surface area contributed by atoms with Crippen molar-refractivity contribution >= 4 is 23.4 Å². The Labute approximate surface area is 183 Å². The van der Waals surface area contributed by atoms with Gasteiger partial charge >= 0.3 is 0 Å². The van der Waals surface area contributed by atoms with Crippen LogP contribution in [0, 0.1) is 17.7 Å². The SMILES string of the molecule is O=C1[C@@H]2[C@@H](c3ccc(F)cc3)OC3(C(=O)c4ccccc4C3=O)[C@@H]2C(=O)N1C1CCCC1. The van der Waals surface area contributed by atoms with Gasteiger partial charge in [0.2, 0.25) is 29.0 Å².